The topological polar surface area (TPSA) is 52.6 Å². The van der Waals surface area contributed by atoms with E-state index in [4.69, 9.17) is 9.47 Å². The van der Waals surface area contributed by atoms with Crippen molar-refractivity contribution < 1.29 is 19.1 Å². The molecule has 0 aromatic carbocycles. The summed E-state index contributed by atoms with van der Waals surface area (Å²) in [7, 11) is 0. The molecule has 2 rings (SSSR count). The van der Waals surface area contributed by atoms with Crippen LogP contribution in [0.5, 0.6) is 0 Å². The summed E-state index contributed by atoms with van der Waals surface area (Å²) >= 11 is 0. The number of carbonyl (C=O) groups is 2. The standard InChI is InChI=1S/C16H26O4/c1-11(2)10-19-15(17)13-8-3-4-9-14(13)16(18)20-12-6-5-7-12/h11-14H,3-10H2,1-2H3. The molecule has 2 atom stereocenters. The molecule has 0 aromatic heterocycles. The van der Waals surface area contributed by atoms with E-state index in [0.717, 1.165) is 44.9 Å². The lowest BCUT2D eigenvalue weighted by Crippen LogP contribution is -2.38. The summed E-state index contributed by atoms with van der Waals surface area (Å²) in [5.41, 5.74) is 0. The summed E-state index contributed by atoms with van der Waals surface area (Å²) in [6.45, 7) is 4.45. The second-order valence-corrected chi connectivity index (χ2v) is 6.51. The van der Waals surface area contributed by atoms with E-state index in [0.29, 0.717) is 12.5 Å². The predicted octanol–water partition coefficient (Wildman–Crippen LogP) is 3.09. The molecule has 20 heavy (non-hydrogen) atoms. The lowest BCUT2D eigenvalue weighted by atomic mass is 9.79. The fourth-order valence-corrected chi connectivity index (χ4v) is 2.79. The lowest BCUT2D eigenvalue weighted by Gasteiger charge is -2.32. The van der Waals surface area contributed by atoms with E-state index in [1.165, 1.54) is 0 Å². The first-order chi connectivity index (χ1) is 9.58. The van der Waals surface area contributed by atoms with Crippen molar-refractivity contribution in [3.63, 3.8) is 0 Å². The van der Waals surface area contributed by atoms with Crippen molar-refractivity contribution >= 4 is 11.9 Å². The second kappa shape index (κ2) is 7.09. The van der Waals surface area contributed by atoms with E-state index in [1.54, 1.807) is 0 Å². The van der Waals surface area contributed by atoms with E-state index in [1.807, 2.05) is 13.8 Å². The molecule has 4 nitrogen and oxygen atoms in total. The van der Waals surface area contributed by atoms with Crippen molar-refractivity contribution in [3.05, 3.63) is 0 Å². The normalized spacial score (nSPS) is 26.9. The number of ether oxygens (including phenoxy) is 2. The Labute approximate surface area is 121 Å². The largest absolute Gasteiger partial charge is 0.465 e. The average Bonchev–Trinajstić information content (AvgIpc) is 2.40. The van der Waals surface area contributed by atoms with Gasteiger partial charge >= 0.3 is 11.9 Å². The van der Waals surface area contributed by atoms with Gasteiger partial charge in [-0.3, -0.25) is 9.59 Å². The minimum Gasteiger partial charge on any atom is -0.465 e. The number of rotatable bonds is 5. The molecule has 0 spiro atoms. The Morgan fingerprint density at radius 2 is 1.55 bits per heavy atom. The first-order valence-electron chi connectivity index (χ1n) is 7.95. The van der Waals surface area contributed by atoms with Crippen LogP contribution in [-0.2, 0) is 19.1 Å². The van der Waals surface area contributed by atoms with Crippen molar-refractivity contribution in [1.82, 2.24) is 0 Å². The summed E-state index contributed by atoms with van der Waals surface area (Å²) in [5.74, 6) is -0.656. The molecule has 0 radical (unpaired) electrons. The van der Waals surface area contributed by atoms with Gasteiger partial charge < -0.3 is 9.47 Å². The summed E-state index contributed by atoms with van der Waals surface area (Å²) < 4.78 is 10.8. The highest BCUT2D eigenvalue weighted by atomic mass is 16.5. The molecule has 0 aromatic rings. The number of hydrogen-bond acceptors (Lipinski definition) is 4. The zero-order chi connectivity index (χ0) is 14.5. The Bertz CT molecular complexity index is 346. The highest BCUT2D eigenvalue weighted by molar-refractivity contribution is 5.82. The van der Waals surface area contributed by atoms with Gasteiger partial charge in [0.05, 0.1) is 18.4 Å². The maximum absolute atomic E-state index is 12.2. The van der Waals surface area contributed by atoms with Crippen molar-refractivity contribution in [2.45, 2.75) is 64.9 Å². The number of hydrogen-bond donors (Lipinski definition) is 0. The first-order valence-corrected chi connectivity index (χ1v) is 7.95. The minimum absolute atomic E-state index is 0.0942. The van der Waals surface area contributed by atoms with Crippen LogP contribution in [0.1, 0.15) is 58.8 Å². The zero-order valence-corrected chi connectivity index (χ0v) is 12.6. The maximum Gasteiger partial charge on any atom is 0.310 e. The highest BCUT2D eigenvalue weighted by Crippen LogP contribution is 2.33. The van der Waals surface area contributed by atoms with Crippen LogP contribution >= 0.6 is 0 Å². The Morgan fingerprint density at radius 3 is 2.05 bits per heavy atom. The van der Waals surface area contributed by atoms with E-state index in [9.17, 15) is 9.59 Å². The zero-order valence-electron chi connectivity index (χ0n) is 12.6. The lowest BCUT2D eigenvalue weighted by molar-refractivity contribution is -0.169. The number of esters is 2. The van der Waals surface area contributed by atoms with Gasteiger partial charge in [-0.25, -0.2) is 0 Å². The molecule has 0 N–H and O–H groups in total. The Balaban J connectivity index is 1.89. The molecule has 0 saturated heterocycles. The van der Waals surface area contributed by atoms with Crippen LogP contribution < -0.4 is 0 Å². The maximum atomic E-state index is 12.2. The Hall–Kier alpha value is -1.06. The highest BCUT2D eigenvalue weighted by Gasteiger charge is 2.39. The molecule has 2 saturated carbocycles. The summed E-state index contributed by atoms with van der Waals surface area (Å²) in [6.07, 6.45) is 6.68. The van der Waals surface area contributed by atoms with Crippen LogP contribution in [-0.4, -0.2) is 24.6 Å². The van der Waals surface area contributed by atoms with Crippen molar-refractivity contribution in [2.24, 2.45) is 17.8 Å². The molecule has 0 bridgehead atoms. The van der Waals surface area contributed by atoms with Crippen LogP contribution in [0.3, 0.4) is 0 Å². The fourth-order valence-electron chi connectivity index (χ4n) is 2.79. The molecule has 2 fully saturated rings. The van der Waals surface area contributed by atoms with Gasteiger partial charge in [-0.05, 0) is 38.0 Å². The van der Waals surface area contributed by atoms with Crippen molar-refractivity contribution in [2.75, 3.05) is 6.61 Å². The first kappa shape index (κ1) is 15.3. The van der Waals surface area contributed by atoms with Gasteiger partial charge in [0, 0.05) is 0 Å². The molecule has 0 heterocycles. The monoisotopic (exact) mass is 282 g/mol. The van der Waals surface area contributed by atoms with Gasteiger partial charge in [0.2, 0.25) is 0 Å². The molecule has 2 unspecified atom stereocenters. The molecular weight excluding hydrogens is 256 g/mol. The van der Waals surface area contributed by atoms with Gasteiger partial charge in [-0.15, -0.1) is 0 Å². The molecule has 2 aliphatic carbocycles. The summed E-state index contributed by atoms with van der Waals surface area (Å²) in [6, 6.07) is 0. The van der Waals surface area contributed by atoms with Crippen molar-refractivity contribution in [1.29, 1.82) is 0 Å². The molecule has 2 aliphatic rings. The van der Waals surface area contributed by atoms with Gasteiger partial charge in [0.15, 0.2) is 0 Å². The molecule has 0 aliphatic heterocycles. The average molecular weight is 282 g/mol. The van der Waals surface area contributed by atoms with E-state index in [-0.39, 0.29) is 29.9 Å². The SMILES string of the molecule is CC(C)COC(=O)C1CCCCC1C(=O)OC1CCC1. The Morgan fingerprint density at radius 1 is 0.950 bits per heavy atom. The summed E-state index contributed by atoms with van der Waals surface area (Å²) in [4.78, 5) is 24.4. The van der Waals surface area contributed by atoms with Crippen LogP contribution in [0.4, 0.5) is 0 Å². The van der Waals surface area contributed by atoms with Gasteiger partial charge in [0.1, 0.15) is 6.10 Å². The van der Waals surface area contributed by atoms with E-state index in [2.05, 4.69) is 0 Å². The Kier molecular flexibility index (Phi) is 5.44. The van der Waals surface area contributed by atoms with E-state index < -0.39 is 0 Å². The molecule has 0 amide bonds. The molecule has 4 heteroatoms. The second-order valence-electron chi connectivity index (χ2n) is 6.51. The van der Waals surface area contributed by atoms with Crippen LogP contribution in [0.25, 0.3) is 0 Å². The molecule has 114 valence electrons. The van der Waals surface area contributed by atoms with Gasteiger partial charge in [-0.2, -0.15) is 0 Å². The molecular formula is C16H26O4. The fraction of sp³-hybridized carbons (Fsp3) is 0.875. The quantitative estimate of drug-likeness (QED) is 0.727. The van der Waals surface area contributed by atoms with Gasteiger partial charge in [0.25, 0.3) is 0 Å². The summed E-state index contributed by atoms with van der Waals surface area (Å²) in [5, 5.41) is 0. The van der Waals surface area contributed by atoms with Crippen molar-refractivity contribution in [3.8, 4) is 0 Å². The van der Waals surface area contributed by atoms with E-state index >= 15 is 0 Å². The van der Waals surface area contributed by atoms with Crippen LogP contribution in [0.15, 0.2) is 0 Å². The smallest absolute Gasteiger partial charge is 0.310 e. The third kappa shape index (κ3) is 3.97. The third-order valence-corrected chi connectivity index (χ3v) is 4.27. The predicted molar refractivity (Wildman–Crippen MR) is 75.0 cm³/mol. The van der Waals surface area contributed by atoms with Gasteiger partial charge in [-0.1, -0.05) is 26.7 Å². The van der Waals surface area contributed by atoms with Crippen LogP contribution in [0.2, 0.25) is 0 Å². The third-order valence-electron chi connectivity index (χ3n) is 4.27. The minimum atomic E-state index is -0.296. The van der Waals surface area contributed by atoms with Crippen LogP contribution in [0, 0.1) is 17.8 Å². The number of carbonyl (C=O) groups excluding carboxylic acids is 2.